The maximum Gasteiger partial charge on any atom is 0.417 e. The summed E-state index contributed by atoms with van der Waals surface area (Å²) < 4.78 is 46.5. The number of aliphatic hydroxyl groups excluding tert-OH is 1. The quantitative estimate of drug-likeness (QED) is 0.706. The lowest BCUT2D eigenvalue weighted by molar-refractivity contribution is -0.137. The first-order chi connectivity index (χ1) is 12.4. The minimum absolute atomic E-state index is 0.152. The summed E-state index contributed by atoms with van der Waals surface area (Å²) in [7, 11) is 0. The fraction of sp³-hybridized carbons (Fsp3) is 0.389. The summed E-state index contributed by atoms with van der Waals surface area (Å²) in [5.74, 6) is -0.969. The van der Waals surface area contributed by atoms with E-state index in [1.54, 1.807) is 13.8 Å². The SMILES string of the molecule is C[C@]12C[C@@H](O)[C@](C)(O1)c1c2c(O)n(-c2ccc(C#N)c(C(F)(F)F)c2)c1O. The molecule has 3 atom stereocenters. The van der Waals surface area contributed by atoms with Crippen LogP contribution in [0.2, 0.25) is 0 Å². The van der Waals surface area contributed by atoms with Crippen molar-refractivity contribution in [3.63, 3.8) is 0 Å². The van der Waals surface area contributed by atoms with E-state index >= 15 is 0 Å². The van der Waals surface area contributed by atoms with Crippen LogP contribution < -0.4 is 0 Å². The van der Waals surface area contributed by atoms with Gasteiger partial charge in [0.15, 0.2) is 0 Å². The minimum atomic E-state index is -4.78. The van der Waals surface area contributed by atoms with Gasteiger partial charge in [-0.3, -0.25) is 4.57 Å². The molecule has 9 heteroatoms. The molecule has 1 aromatic carbocycles. The summed E-state index contributed by atoms with van der Waals surface area (Å²) in [6, 6.07) is 4.35. The molecule has 142 valence electrons. The van der Waals surface area contributed by atoms with Crippen molar-refractivity contribution >= 4 is 0 Å². The van der Waals surface area contributed by atoms with Crippen molar-refractivity contribution in [2.45, 2.75) is 43.8 Å². The molecule has 3 N–H and O–H groups in total. The van der Waals surface area contributed by atoms with Crippen molar-refractivity contribution < 1.29 is 33.2 Å². The monoisotopic (exact) mass is 380 g/mol. The van der Waals surface area contributed by atoms with E-state index in [0.29, 0.717) is 6.07 Å². The van der Waals surface area contributed by atoms with Crippen LogP contribution >= 0.6 is 0 Å². The zero-order valence-corrected chi connectivity index (χ0v) is 14.3. The predicted octanol–water partition coefficient (Wildman–Crippen LogP) is 3.00. The van der Waals surface area contributed by atoms with Crippen molar-refractivity contribution in [1.29, 1.82) is 5.26 Å². The minimum Gasteiger partial charge on any atom is -0.494 e. The van der Waals surface area contributed by atoms with E-state index in [1.807, 2.05) is 0 Å². The molecule has 4 rings (SSSR count). The van der Waals surface area contributed by atoms with Gasteiger partial charge < -0.3 is 20.1 Å². The molecular weight excluding hydrogens is 365 g/mol. The Balaban J connectivity index is 1.98. The first-order valence-electron chi connectivity index (χ1n) is 8.11. The molecule has 0 saturated carbocycles. The number of benzene rings is 1. The molecule has 1 fully saturated rings. The van der Waals surface area contributed by atoms with Gasteiger partial charge in [0.1, 0.15) is 5.60 Å². The van der Waals surface area contributed by atoms with Crippen molar-refractivity contribution in [2.75, 3.05) is 0 Å². The van der Waals surface area contributed by atoms with Gasteiger partial charge in [-0.05, 0) is 32.0 Å². The summed E-state index contributed by atoms with van der Waals surface area (Å²) in [4.78, 5) is 0. The Kier molecular flexibility index (Phi) is 3.26. The Bertz CT molecular complexity index is 1020. The standard InChI is InChI=1S/C18H15F3N2O4/c1-16-6-11(24)17(2,27-16)13-12(16)14(25)23(15(13)26)9-4-3-8(7-22)10(5-9)18(19,20)21/h3-5,11,24-26H,6H2,1-2H3/t11-,16-,17+/m1/s1. The van der Waals surface area contributed by atoms with Crippen molar-refractivity contribution in [3.8, 4) is 23.5 Å². The average Bonchev–Trinajstić information content (AvgIpc) is 3.07. The maximum absolute atomic E-state index is 13.3. The fourth-order valence-corrected chi connectivity index (χ4v) is 4.28. The molecule has 1 aromatic heterocycles. The van der Waals surface area contributed by atoms with Crippen molar-refractivity contribution in [3.05, 3.63) is 40.5 Å². The first-order valence-corrected chi connectivity index (χ1v) is 8.11. The summed E-state index contributed by atoms with van der Waals surface area (Å²) in [5.41, 5.74) is -3.86. The highest BCUT2D eigenvalue weighted by Crippen LogP contribution is 2.64. The van der Waals surface area contributed by atoms with Crippen LogP contribution in [0.1, 0.15) is 42.5 Å². The number of fused-ring (bicyclic) bond motifs is 5. The fourth-order valence-electron chi connectivity index (χ4n) is 4.28. The molecule has 0 unspecified atom stereocenters. The number of aromatic nitrogens is 1. The molecule has 0 aliphatic carbocycles. The van der Waals surface area contributed by atoms with Crippen LogP contribution in [0, 0.1) is 11.3 Å². The van der Waals surface area contributed by atoms with Crippen LogP contribution in [-0.2, 0) is 22.1 Å². The van der Waals surface area contributed by atoms with E-state index in [-0.39, 0.29) is 23.2 Å². The lowest BCUT2D eigenvalue weighted by Crippen LogP contribution is -2.32. The number of hydrogen-bond acceptors (Lipinski definition) is 5. The lowest BCUT2D eigenvalue weighted by atomic mass is 9.78. The van der Waals surface area contributed by atoms with Crippen LogP contribution in [0.3, 0.4) is 0 Å². The first kappa shape index (κ1) is 17.7. The molecule has 0 spiro atoms. The van der Waals surface area contributed by atoms with E-state index < -0.39 is 46.4 Å². The molecule has 3 heterocycles. The molecule has 2 aliphatic rings. The molecule has 0 amide bonds. The van der Waals surface area contributed by atoms with Gasteiger partial charge in [0, 0.05) is 6.42 Å². The Morgan fingerprint density at radius 1 is 1.22 bits per heavy atom. The molecule has 6 nitrogen and oxygen atoms in total. The number of aliphatic hydroxyl groups is 1. The second-order valence-corrected chi connectivity index (χ2v) is 7.23. The average molecular weight is 380 g/mol. The second kappa shape index (κ2) is 4.97. The van der Waals surface area contributed by atoms with Crippen LogP contribution in [0.25, 0.3) is 5.69 Å². The third-order valence-corrected chi connectivity index (χ3v) is 5.49. The largest absolute Gasteiger partial charge is 0.494 e. The summed E-state index contributed by atoms with van der Waals surface area (Å²) in [5, 5.41) is 40.6. The number of halogens is 3. The number of nitriles is 1. The number of aromatic hydroxyl groups is 2. The van der Waals surface area contributed by atoms with Crippen molar-refractivity contribution in [1.82, 2.24) is 4.57 Å². The second-order valence-electron chi connectivity index (χ2n) is 7.23. The van der Waals surface area contributed by atoms with Crippen LogP contribution in [-0.4, -0.2) is 26.0 Å². The molecule has 2 aromatic rings. The van der Waals surface area contributed by atoms with E-state index in [4.69, 9.17) is 10.00 Å². The lowest BCUT2D eigenvalue weighted by Gasteiger charge is -2.25. The van der Waals surface area contributed by atoms with Crippen LogP contribution in [0.15, 0.2) is 18.2 Å². The van der Waals surface area contributed by atoms with Gasteiger partial charge in [0.2, 0.25) is 11.8 Å². The summed E-state index contributed by atoms with van der Waals surface area (Å²) in [6.07, 6.45) is -5.55. The van der Waals surface area contributed by atoms with E-state index in [0.717, 1.165) is 10.6 Å². The zero-order chi connectivity index (χ0) is 19.9. The third kappa shape index (κ3) is 2.08. The smallest absolute Gasteiger partial charge is 0.417 e. The highest BCUT2D eigenvalue weighted by atomic mass is 19.4. The summed E-state index contributed by atoms with van der Waals surface area (Å²) >= 11 is 0. The van der Waals surface area contributed by atoms with Crippen LogP contribution in [0.4, 0.5) is 13.2 Å². The molecule has 1 saturated heterocycles. The highest BCUT2D eigenvalue weighted by Gasteiger charge is 2.64. The third-order valence-electron chi connectivity index (χ3n) is 5.49. The van der Waals surface area contributed by atoms with E-state index in [2.05, 4.69) is 0 Å². The van der Waals surface area contributed by atoms with Crippen molar-refractivity contribution in [2.24, 2.45) is 0 Å². The molecule has 2 aliphatic heterocycles. The van der Waals surface area contributed by atoms with Gasteiger partial charge in [0.25, 0.3) is 0 Å². The zero-order valence-electron chi connectivity index (χ0n) is 14.3. The van der Waals surface area contributed by atoms with Crippen LogP contribution in [0.5, 0.6) is 11.8 Å². The van der Waals surface area contributed by atoms with Gasteiger partial charge in [-0.15, -0.1) is 0 Å². The number of alkyl halides is 3. The van der Waals surface area contributed by atoms with Gasteiger partial charge in [-0.25, -0.2) is 0 Å². The van der Waals surface area contributed by atoms with E-state index in [1.165, 1.54) is 12.1 Å². The van der Waals surface area contributed by atoms with Gasteiger partial charge in [0.05, 0.1) is 45.7 Å². The number of nitrogens with zero attached hydrogens (tertiary/aromatic N) is 2. The Morgan fingerprint density at radius 3 is 2.44 bits per heavy atom. The van der Waals surface area contributed by atoms with Gasteiger partial charge >= 0.3 is 6.18 Å². The van der Waals surface area contributed by atoms with Gasteiger partial charge in [-0.1, -0.05) is 0 Å². The topological polar surface area (TPSA) is 98.6 Å². The Morgan fingerprint density at radius 2 is 1.85 bits per heavy atom. The van der Waals surface area contributed by atoms with E-state index in [9.17, 15) is 28.5 Å². The molecule has 0 radical (unpaired) electrons. The molecule has 27 heavy (non-hydrogen) atoms. The summed E-state index contributed by atoms with van der Waals surface area (Å²) in [6.45, 7) is 3.19. The number of hydrogen-bond donors (Lipinski definition) is 3. The Labute approximate surface area is 151 Å². The molecule has 2 bridgehead atoms. The normalized spacial score (nSPS) is 29.0. The number of rotatable bonds is 1. The predicted molar refractivity (Wildman–Crippen MR) is 85.2 cm³/mol. The maximum atomic E-state index is 13.3. The van der Waals surface area contributed by atoms with Gasteiger partial charge in [-0.2, -0.15) is 18.4 Å². The molecular formula is C18H15F3N2O4. The highest BCUT2D eigenvalue weighted by molar-refractivity contribution is 5.62. The number of ether oxygens (including phenoxy) is 1. The Hall–Kier alpha value is -2.70.